The van der Waals surface area contributed by atoms with Crippen LogP contribution in [0.2, 0.25) is 0 Å². The van der Waals surface area contributed by atoms with Crippen molar-refractivity contribution in [3.63, 3.8) is 0 Å². The van der Waals surface area contributed by atoms with Crippen LogP contribution in [0, 0.1) is 0 Å². The standard InChI is InChI=1S/C11H9O.3C2H4O2.Pb/c1-12-11-7-6-9-4-2-3-5-10(9)8-11;3*1-2(3)4;/h2-7H,1H3;3*1H3,(H,3,4);/q;;;;+3/p-3. The van der Waals surface area contributed by atoms with Gasteiger partial charge in [0.2, 0.25) is 0 Å². The van der Waals surface area contributed by atoms with Crippen LogP contribution in [0.15, 0.2) is 36.4 Å². The van der Waals surface area contributed by atoms with E-state index >= 15 is 0 Å². The van der Waals surface area contributed by atoms with Gasteiger partial charge in [0.05, 0.1) is 0 Å². The molecule has 2 rings (SSSR count). The summed E-state index contributed by atoms with van der Waals surface area (Å²) >= 11 is -5.39. The molecule has 2 aromatic rings. The van der Waals surface area contributed by atoms with Crippen molar-refractivity contribution in [2.45, 2.75) is 20.8 Å². The van der Waals surface area contributed by atoms with Crippen LogP contribution < -0.4 is 7.86 Å². The van der Waals surface area contributed by atoms with E-state index in [1.807, 2.05) is 18.2 Å². The van der Waals surface area contributed by atoms with Crippen molar-refractivity contribution in [2.24, 2.45) is 0 Å². The molecule has 0 aliphatic heterocycles. The summed E-state index contributed by atoms with van der Waals surface area (Å²) < 4.78 is 22.0. The van der Waals surface area contributed by atoms with Gasteiger partial charge in [-0.1, -0.05) is 0 Å². The maximum absolute atomic E-state index is 11.7. The summed E-state index contributed by atoms with van der Waals surface area (Å²) in [5, 5.41) is 1.43. The summed E-state index contributed by atoms with van der Waals surface area (Å²) in [6.07, 6.45) is 0. The number of ether oxygens (including phenoxy) is 1. The second kappa shape index (κ2) is 7.81. The molecule has 0 N–H and O–H groups in total. The van der Waals surface area contributed by atoms with Gasteiger partial charge < -0.3 is 0 Å². The van der Waals surface area contributed by atoms with Crippen molar-refractivity contribution in [3.8, 4) is 5.75 Å². The molecule has 0 amide bonds. The molecule has 0 spiro atoms. The summed E-state index contributed by atoms with van der Waals surface area (Å²) in [5.74, 6) is -1.80. The van der Waals surface area contributed by atoms with Crippen LogP contribution in [0.5, 0.6) is 5.75 Å². The monoisotopic (exact) mass is 542 g/mol. The minimum absolute atomic E-state index is 0.323. The first-order chi connectivity index (χ1) is 11.8. The molecular formula is C17H18O7Pb. The van der Waals surface area contributed by atoms with Crippen molar-refractivity contribution < 1.29 is 27.2 Å². The van der Waals surface area contributed by atoms with Gasteiger partial charge in [0, 0.05) is 0 Å². The summed E-state index contributed by atoms with van der Waals surface area (Å²) in [6, 6.07) is 10.7. The first-order valence-corrected chi connectivity index (χ1v) is 14.1. The first-order valence-electron chi connectivity index (χ1n) is 7.44. The van der Waals surface area contributed by atoms with E-state index in [9.17, 15) is 14.4 Å². The third-order valence-corrected chi connectivity index (χ3v) is 14.1. The molecule has 0 unspecified atom stereocenters. The van der Waals surface area contributed by atoms with Gasteiger partial charge in [0.25, 0.3) is 0 Å². The van der Waals surface area contributed by atoms with Gasteiger partial charge in [0.1, 0.15) is 0 Å². The maximum atomic E-state index is 11.7. The Morgan fingerprint density at radius 1 is 0.800 bits per heavy atom. The first kappa shape index (κ1) is 19.2. The van der Waals surface area contributed by atoms with Crippen LogP contribution in [-0.4, -0.2) is 47.5 Å². The number of methoxy groups -OCH3 is 1. The van der Waals surface area contributed by atoms with E-state index in [0.29, 0.717) is 14.3 Å². The number of hydrogen-bond acceptors (Lipinski definition) is 7. The van der Waals surface area contributed by atoms with E-state index in [4.69, 9.17) is 12.8 Å². The average Bonchev–Trinajstić information content (AvgIpc) is 2.51. The molecule has 0 heterocycles. The van der Waals surface area contributed by atoms with Crippen LogP contribution in [0.1, 0.15) is 20.8 Å². The normalized spacial score (nSPS) is 10.9. The molecule has 0 fully saturated rings. The molecule has 0 saturated heterocycles. The van der Waals surface area contributed by atoms with E-state index in [0.717, 1.165) is 5.39 Å². The molecule has 132 valence electrons. The van der Waals surface area contributed by atoms with Gasteiger partial charge in [-0.2, -0.15) is 0 Å². The number of benzene rings is 2. The minimum atomic E-state index is -5.39. The Balaban J connectivity index is 2.87. The Morgan fingerprint density at radius 3 is 1.80 bits per heavy atom. The zero-order valence-electron chi connectivity index (χ0n) is 14.3. The van der Waals surface area contributed by atoms with Crippen LogP contribution in [0.3, 0.4) is 0 Å². The van der Waals surface area contributed by atoms with Crippen molar-refractivity contribution in [1.82, 2.24) is 0 Å². The van der Waals surface area contributed by atoms with Gasteiger partial charge in [0.15, 0.2) is 0 Å². The molecule has 0 saturated carbocycles. The Hall–Kier alpha value is -2.17. The van der Waals surface area contributed by atoms with Crippen LogP contribution in [0.25, 0.3) is 10.8 Å². The van der Waals surface area contributed by atoms with E-state index in [1.165, 1.54) is 27.9 Å². The zero-order valence-corrected chi connectivity index (χ0v) is 18.2. The summed E-state index contributed by atoms with van der Waals surface area (Å²) in [7, 11) is 1.43. The van der Waals surface area contributed by atoms with Gasteiger partial charge >= 0.3 is 152 Å². The Bertz CT molecular complexity index is 790. The van der Waals surface area contributed by atoms with Gasteiger partial charge in [-0.3, -0.25) is 0 Å². The molecule has 0 aliphatic rings. The van der Waals surface area contributed by atoms with Crippen molar-refractivity contribution in [1.29, 1.82) is 0 Å². The number of hydrogen-bond donors (Lipinski definition) is 0. The number of carbonyl (C=O) groups is 3. The predicted octanol–water partition coefficient (Wildman–Crippen LogP) is 1.68. The van der Waals surface area contributed by atoms with Gasteiger partial charge in [-0.25, -0.2) is 0 Å². The number of rotatable bonds is 5. The molecule has 0 bridgehead atoms. The third kappa shape index (κ3) is 4.27. The van der Waals surface area contributed by atoms with Crippen LogP contribution >= 0.6 is 0 Å². The molecule has 7 nitrogen and oxygen atoms in total. The molecule has 0 radical (unpaired) electrons. The fourth-order valence-corrected chi connectivity index (χ4v) is 12.7. The van der Waals surface area contributed by atoms with E-state index < -0.39 is 40.4 Å². The average molecular weight is 542 g/mol. The van der Waals surface area contributed by atoms with Crippen LogP contribution in [0.4, 0.5) is 0 Å². The SMILES string of the molecule is COc1ccc2ccccc2[c]1[Pb]([O]C(C)=O)([O]C(C)=O)[O]C(C)=O. The second-order valence-corrected chi connectivity index (χ2v) is 13.8. The molecule has 25 heavy (non-hydrogen) atoms. The molecule has 2 aromatic carbocycles. The van der Waals surface area contributed by atoms with Gasteiger partial charge in [-0.05, 0) is 0 Å². The van der Waals surface area contributed by atoms with Crippen molar-refractivity contribution in [2.75, 3.05) is 7.11 Å². The molecule has 0 atom stereocenters. The second-order valence-electron chi connectivity index (χ2n) is 5.20. The topological polar surface area (TPSA) is 88.1 Å². The van der Waals surface area contributed by atoms with Crippen molar-refractivity contribution >= 4 is 54.3 Å². The van der Waals surface area contributed by atoms with Crippen molar-refractivity contribution in [3.05, 3.63) is 36.4 Å². The predicted molar refractivity (Wildman–Crippen MR) is 91.2 cm³/mol. The number of fused-ring (bicyclic) bond motifs is 1. The van der Waals surface area contributed by atoms with E-state index in [1.54, 1.807) is 18.2 Å². The quantitative estimate of drug-likeness (QED) is 0.533. The molecule has 0 aliphatic carbocycles. The Morgan fingerprint density at radius 2 is 1.32 bits per heavy atom. The number of carbonyl (C=O) groups excluding carboxylic acids is 3. The van der Waals surface area contributed by atoms with Gasteiger partial charge in [-0.15, -0.1) is 0 Å². The van der Waals surface area contributed by atoms with Crippen LogP contribution in [-0.2, 0) is 22.4 Å². The third-order valence-electron chi connectivity index (χ3n) is 3.25. The zero-order chi connectivity index (χ0) is 18.6. The summed E-state index contributed by atoms with van der Waals surface area (Å²) in [5.41, 5.74) is 0. The van der Waals surface area contributed by atoms with E-state index in [2.05, 4.69) is 0 Å². The summed E-state index contributed by atoms with van der Waals surface area (Å²) in [6.45, 7) is 3.50. The molecule has 8 heteroatoms. The molecular weight excluding hydrogens is 523 g/mol. The molecule has 0 aromatic heterocycles. The Kier molecular flexibility index (Phi) is 5.99. The Labute approximate surface area is 151 Å². The fraction of sp³-hybridized carbons (Fsp3) is 0.235. The van der Waals surface area contributed by atoms with E-state index in [-0.39, 0.29) is 0 Å². The summed E-state index contributed by atoms with van der Waals surface area (Å²) in [4.78, 5) is 35.2. The fourth-order valence-electron chi connectivity index (χ4n) is 2.52.